The molecule has 0 bridgehead atoms. The second-order valence-electron chi connectivity index (χ2n) is 4.49. The largest absolute Gasteiger partial charge is 0.484 e. The second kappa shape index (κ2) is 6.84. The highest BCUT2D eigenvalue weighted by Gasteiger charge is 2.06. The normalized spacial score (nSPS) is 14.8. The van der Waals surface area contributed by atoms with Crippen LogP contribution in [0.15, 0.2) is 42.0 Å². The highest BCUT2D eigenvalue weighted by atomic mass is 16.5. The van der Waals surface area contributed by atoms with Crippen molar-refractivity contribution in [1.29, 1.82) is 0 Å². The topological polar surface area (TPSA) is 38.3 Å². The molecule has 0 saturated carbocycles. The molecule has 0 spiro atoms. The Kier molecular flexibility index (Phi) is 4.82. The van der Waals surface area contributed by atoms with Crippen molar-refractivity contribution in [3.63, 3.8) is 0 Å². The first kappa shape index (κ1) is 12.7. The fraction of sp³-hybridized carbons (Fsp3) is 0.400. The van der Waals surface area contributed by atoms with Crippen molar-refractivity contribution in [2.45, 2.75) is 25.7 Å². The minimum Gasteiger partial charge on any atom is -0.484 e. The van der Waals surface area contributed by atoms with Crippen LogP contribution in [0.4, 0.5) is 0 Å². The number of carbonyl (C=O) groups is 1. The summed E-state index contributed by atoms with van der Waals surface area (Å²) in [5.41, 5.74) is 1.34. The van der Waals surface area contributed by atoms with Crippen LogP contribution in [0.1, 0.15) is 25.7 Å². The predicted octanol–water partition coefficient (Wildman–Crippen LogP) is 2.68. The van der Waals surface area contributed by atoms with Gasteiger partial charge in [0, 0.05) is 6.54 Å². The SMILES string of the molecule is O=C(COc1ccccc1)NCC1=CCCCC1. The lowest BCUT2D eigenvalue weighted by Crippen LogP contribution is -2.30. The van der Waals surface area contributed by atoms with E-state index in [9.17, 15) is 4.79 Å². The van der Waals surface area contributed by atoms with E-state index in [-0.39, 0.29) is 12.5 Å². The highest BCUT2D eigenvalue weighted by molar-refractivity contribution is 5.77. The maximum atomic E-state index is 11.6. The van der Waals surface area contributed by atoms with Crippen LogP contribution in [0.3, 0.4) is 0 Å². The number of para-hydroxylation sites is 1. The molecular weight excluding hydrogens is 226 g/mol. The summed E-state index contributed by atoms with van der Waals surface area (Å²) in [6, 6.07) is 9.39. The third-order valence-corrected chi connectivity index (χ3v) is 3.01. The molecule has 1 aliphatic rings. The number of ether oxygens (including phenoxy) is 1. The van der Waals surface area contributed by atoms with Gasteiger partial charge >= 0.3 is 0 Å². The molecule has 1 N–H and O–H groups in total. The average Bonchev–Trinajstić information content (AvgIpc) is 2.45. The van der Waals surface area contributed by atoms with Crippen LogP contribution in [-0.4, -0.2) is 19.1 Å². The third-order valence-electron chi connectivity index (χ3n) is 3.01. The van der Waals surface area contributed by atoms with Crippen LogP contribution >= 0.6 is 0 Å². The summed E-state index contributed by atoms with van der Waals surface area (Å²) in [7, 11) is 0. The molecule has 0 radical (unpaired) electrons. The van der Waals surface area contributed by atoms with Crippen LogP contribution in [0, 0.1) is 0 Å². The Morgan fingerprint density at radius 2 is 2.06 bits per heavy atom. The first-order valence-electron chi connectivity index (χ1n) is 6.47. The van der Waals surface area contributed by atoms with Gasteiger partial charge in [0.05, 0.1) is 0 Å². The molecular formula is C15H19NO2. The van der Waals surface area contributed by atoms with Gasteiger partial charge in [-0.1, -0.05) is 29.8 Å². The number of rotatable bonds is 5. The van der Waals surface area contributed by atoms with Crippen LogP contribution in [0.2, 0.25) is 0 Å². The lowest BCUT2D eigenvalue weighted by atomic mass is 10.00. The Balaban J connectivity index is 1.67. The lowest BCUT2D eigenvalue weighted by molar-refractivity contribution is -0.122. The smallest absolute Gasteiger partial charge is 0.258 e. The van der Waals surface area contributed by atoms with Crippen molar-refractivity contribution in [1.82, 2.24) is 5.32 Å². The third kappa shape index (κ3) is 4.24. The molecule has 1 aromatic carbocycles. The Labute approximate surface area is 108 Å². The van der Waals surface area contributed by atoms with Crippen molar-refractivity contribution in [2.24, 2.45) is 0 Å². The maximum absolute atomic E-state index is 11.6. The summed E-state index contributed by atoms with van der Waals surface area (Å²) in [6.45, 7) is 0.744. The van der Waals surface area contributed by atoms with Crippen LogP contribution in [-0.2, 0) is 4.79 Å². The number of hydrogen-bond acceptors (Lipinski definition) is 2. The second-order valence-corrected chi connectivity index (χ2v) is 4.49. The van der Waals surface area contributed by atoms with Gasteiger partial charge in [-0.2, -0.15) is 0 Å². The molecule has 0 saturated heterocycles. The molecule has 0 heterocycles. The zero-order chi connectivity index (χ0) is 12.6. The molecule has 1 aromatic rings. The van der Waals surface area contributed by atoms with E-state index in [1.165, 1.54) is 18.4 Å². The van der Waals surface area contributed by atoms with Crippen molar-refractivity contribution >= 4 is 5.91 Å². The standard InChI is InChI=1S/C15H19NO2/c17-15(12-18-14-9-5-2-6-10-14)16-11-13-7-3-1-4-8-13/h2,5-7,9-10H,1,3-4,8,11-12H2,(H,16,17). The van der Waals surface area contributed by atoms with E-state index < -0.39 is 0 Å². The molecule has 2 rings (SSSR count). The first-order valence-corrected chi connectivity index (χ1v) is 6.47. The number of nitrogens with one attached hydrogen (secondary N) is 1. The molecule has 1 aliphatic carbocycles. The monoisotopic (exact) mass is 245 g/mol. The Morgan fingerprint density at radius 1 is 1.22 bits per heavy atom. The zero-order valence-electron chi connectivity index (χ0n) is 10.5. The molecule has 0 unspecified atom stereocenters. The van der Waals surface area contributed by atoms with Crippen LogP contribution in [0.5, 0.6) is 5.75 Å². The van der Waals surface area contributed by atoms with E-state index in [0.717, 1.165) is 18.6 Å². The predicted molar refractivity (Wildman–Crippen MR) is 71.5 cm³/mol. The fourth-order valence-electron chi connectivity index (χ4n) is 1.99. The minimum atomic E-state index is -0.0645. The van der Waals surface area contributed by atoms with Crippen LogP contribution in [0.25, 0.3) is 0 Å². The van der Waals surface area contributed by atoms with E-state index in [4.69, 9.17) is 4.74 Å². The van der Waals surface area contributed by atoms with Gasteiger partial charge in [0.2, 0.25) is 0 Å². The van der Waals surface area contributed by atoms with E-state index in [1.807, 2.05) is 30.3 Å². The van der Waals surface area contributed by atoms with Crippen molar-refractivity contribution in [3.05, 3.63) is 42.0 Å². The molecule has 3 heteroatoms. The van der Waals surface area contributed by atoms with Crippen molar-refractivity contribution in [3.8, 4) is 5.75 Å². The molecule has 18 heavy (non-hydrogen) atoms. The number of allylic oxidation sites excluding steroid dienone is 1. The molecule has 3 nitrogen and oxygen atoms in total. The van der Waals surface area contributed by atoms with Crippen molar-refractivity contribution in [2.75, 3.05) is 13.2 Å². The molecule has 0 aliphatic heterocycles. The quantitative estimate of drug-likeness (QED) is 0.810. The van der Waals surface area contributed by atoms with E-state index in [1.54, 1.807) is 0 Å². The van der Waals surface area contributed by atoms with Crippen molar-refractivity contribution < 1.29 is 9.53 Å². The summed E-state index contributed by atoms with van der Waals surface area (Å²) in [5.74, 6) is 0.662. The summed E-state index contributed by atoms with van der Waals surface area (Å²) >= 11 is 0. The molecule has 0 fully saturated rings. The van der Waals surface area contributed by atoms with Gasteiger partial charge in [-0.3, -0.25) is 4.79 Å². The van der Waals surface area contributed by atoms with E-state index in [0.29, 0.717) is 6.54 Å². The number of amides is 1. The lowest BCUT2D eigenvalue weighted by Gasteiger charge is -2.13. The number of hydrogen-bond donors (Lipinski definition) is 1. The van der Waals surface area contributed by atoms with Gasteiger partial charge in [-0.15, -0.1) is 0 Å². The Hall–Kier alpha value is -1.77. The molecule has 96 valence electrons. The Bertz CT molecular complexity index is 412. The average molecular weight is 245 g/mol. The van der Waals surface area contributed by atoms with Gasteiger partial charge < -0.3 is 10.1 Å². The number of carbonyl (C=O) groups excluding carboxylic acids is 1. The van der Waals surface area contributed by atoms with E-state index >= 15 is 0 Å². The fourth-order valence-corrected chi connectivity index (χ4v) is 1.99. The molecule has 0 aromatic heterocycles. The zero-order valence-corrected chi connectivity index (χ0v) is 10.5. The minimum absolute atomic E-state index is 0.0645. The summed E-state index contributed by atoms with van der Waals surface area (Å²) in [4.78, 5) is 11.6. The first-order chi connectivity index (χ1) is 8.84. The summed E-state index contributed by atoms with van der Waals surface area (Å²) in [6.07, 6.45) is 7.00. The van der Waals surface area contributed by atoms with Gasteiger partial charge in [0.25, 0.3) is 5.91 Å². The van der Waals surface area contributed by atoms with E-state index in [2.05, 4.69) is 11.4 Å². The van der Waals surface area contributed by atoms with Gasteiger partial charge in [0.15, 0.2) is 6.61 Å². The maximum Gasteiger partial charge on any atom is 0.258 e. The number of benzene rings is 1. The van der Waals surface area contributed by atoms with Gasteiger partial charge in [0.1, 0.15) is 5.75 Å². The summed E-state index contributed by atoms with van der Waals surface area (Å²) < 4.78 is 5.38. The molecule has 0 atom stereocenters. The van der Waals surface area contributed by atoms with Crippen LogP contribution < -0.4 is 10.1 Å². The van der Waals surface area contributed by atoms with Gasteiger partial charge in [-0.05, 0) is 37.8 Å². The highest BCUT2D eigenvalue weighted by Crippen LogP contribution is 2.16. The molecule has 1 amide bonds. The van der Waals surface area contributed by atoms with Gasteiger partial charge in [-0.25, -0.2) is 0 Å². The Morgan fingerprint density at radius 3 is 2.78 bits per heavy atom. The summed E-state index contributed by atoms with van der Waals surface area (Å²) in [5, 5.41) is 2.89.